The van der Waals surface area contributed by atoms with Crippen molar-refractivity contribution in [2.45, 2.75) is 52.2 Å². The molecule has 1 saturated heterocycles. The minimum Gasteiger partial charge on any atom is -0.378 e. The summed E-state index contributed by atoms with van der Waals surface area (Å²) in [5.74, 6) is 0. The Bertz CT molecular complexity index is 342. The Balaban J connectivity index is 1.64. The SMILES string of the molecule is Cc1cc(CNCCC2CCCCO2)c(C)s1. The predicted octanol–water partition coefficient (Wildman–Crippen LogP) is 3.41. The fourth-order valence-electron chi connectivity index (χ4n) is 2.38. The number of hydrogen-bond donors (Lipinski definition) is 1. The monoisotopic (exact) mass is 253 g/mol. The van der Waals surface area contributed by atoms with Crippen LogP contribution in [0.5, 0.6) is 0 Å². The highest BCUT2D eigenvalue weighted by Crippen LogP contribution is 2.20. The van der Waals surface area contributed by atoms with Crippen molar-refractivity contribution in [1.29, 1.82) is 0 Å². The van der Waals surface area contributed by atoms with Crippen LogP contribution in [0.4, 0.5) is 0 Å². The summed E-state index contributed by atoms with van der Waals surface area (Å²) in [5, 5.41) is 3.53. The van der Waals surface area contributed by atoms with Crippen LogP contribution in [0.25, 0.3) is 0 Å². The van der Waals surface area contributed by atoms with Crippen molar-refractivity contribution >= 4 is 11.3 Å². The first-order chi connectivity index (χ1) is 8.25. The van der Waals surface area contributed by atoms with Crippen LogP contribution in [0, 0.1) is 13.8 Å². The predicted molar refractivity (Wildman–Crippen MR) is 73.7 cm³/mol. The van der Waals surface area contributed by atoms with E-state index in [0.717, 1.165) is 26.1 Å². The molecule has 0 radical (unpaired) electrons. The van der Waals surface area contributed by atoms with Crippen LogP contribution in [0.15, 0.2) is 6.07 Å². The number of nitrogens with one attached hydrogen (secondary N) is 1. The molecular formula is C14H23NOS. The normalized spacial score (nSPS) is 20.7. The average molecular weight is 253 g/mol. The topological polar surface area (TPSA) is 21.3 Å². The molecule has 1 N–H and O–H groups in total. The van der Waals surface area contributed by atoms with E-state index in [1.807, 2.05) is 11.3 Å². The molecule has 17 heavy (non-hydrogen) atoms. The molecule has 0 amide bonds. The summed E-state index contributed by atoms with van der Waals surface area (Å²) in [6, 6.07) is 2.30. The maximum atomic E-state index is 5.72. The van der Waals surface area contributed by atoms with Gasteiger partial charge in [0.1, 0.15) is 0 Å². The van der Waals surface area contributed by atoms with Gasteiger partial charge in [-0.15, -0.1) is 11.3 Å². The smallest absolute Gasteiger partial charge is 0.0587 e. The lowest BCUT2D eigenvalue weighted by atomic mass is 10.1. The molecule has 2 nitrogen and oxygen atoms in total. The summed E-state index contributed by atoms with van der Waals surface area (Å²) >= 11 is 1.89. The average Bonchev–Trinajstić information content (AvgIpc) is 2.65. The van der Waals surface area contributed by atoms with Crippen molar-refractivity contribution in [3.05, 3.63) is 21.4 Å². The van der Waals surface area contributed by atoms with Crippen LogP contribution < -0.4 is 5.32 Å². The molecule has 0 saturated carbocycles. The number of aryl methyl sites for hydroxylation is 2. The van der Waals surface area contributed by atoms with Gasteiger partial charge in [-0.25, -0.2) is 0 Å². The zero-order valence-corrected chi connectivity index (χ0v) is 11.7. The van der Waals surface area contributed by atoms with Crippen molar-refractivity contribution in [2.75, 3.05) is 13.2 Å². The minimum atomic E-state index is 0.501. The summed E-state index contributed by atoms with van der Waals surface area (Å²) in [6.07, 6.45) is 5.49. The van der Waals surface area contributed by atoms with Gasteiger partial charge >= 0.3 is 0 Å². The summed E-state index contributed by atoms with van der Waals surface area (Å²) in [5.41, 5.74) is 1.46. The van der Waals surface area contributed by atoms with Crippen molar-refractivity contribution in [1.82, 2.24) is 5.32 Å². The summed E-state index contributed by atoms with van der Waals surface area (Å²) < 4.78 is 5.72. The van der Waals surface area contributed by atoms with Gasteiger partial charge in [-0.3, -0.25) is 0 Å². The van der Waals surface area contributed by atoms with E-state index in [1.165, 1.54) is 34.6 Å². The molecule has 96 valence electrons. The Labute approximate surface area is 108 Å². The minimum absolute atomic E-state index is 0.501. The molecule has 0 aliphatic carbocycles. The van der Waals surface area contributed by atoms with Gasteiger partial charge < -0.3 is 10.1 Å². The molecule has 1 aromatic rings. The maximum absolute atomic E-state index is 5.72. The molecule has 1 aromatic heterocycles. The molecular weight excluding hydrogens is 230 g/mol. The number of hydrogen-bond acceptors (Lipinski definition) is 3. The molecule has 1 aliphatic rings. The van der Waals surface area contributed by atoms with Gasteiger partial charge in [-0.2, -0.15) is 0 Å². The molecule has 2 heterocycles. The van der Waals surface area contributed by atoms with E-state index in [4.69, 9.17) is 4.74 Å². The lowest BCUT2D eigenvalue weighted by molar-refractivity contribution is 0.0115. The zero-order valence-electron chi connectivity index (χ0n) is 10.9. The number of thiophene rings is 1. The van der Waals surface area contributed by atoms with Crippen LogP contribution in [-0.4, -0.2) is 19.3 Å². The van der Waals surface area contributed by atoms with E-state index >= 15 is 0 Å². The first kappa shape index (κ1) is 13.1. The molecule has 0 aromatic carbocycles. The second kappa shape index (κ2) is 6.53. The first-order valence-corrected chi connectivity index (χ1v) is 7.45. The first-order valence-electron chi connectivity index (χ1n) is 6.64. The number of rotatable bonds is 5. The highest BCUT2D eigenvalue weighted by atomic mass is 32.1. The van der Waals surface area contributed by atoms with E-state index in [-0.39, 0.29) is 0 Å². The van der Waals surface area contributed by atoms with Gasteiger partial charge in [0, 0.05) is 22.9 Å². The fraction of sp³-hybridized carbons (Fsp3) is 0.714. The maximum Gasteiger partial charge on any atom is 0.0587 e. The Hall–Kier alpha value is -0.380. The molecule has 1 aliphatic heterocycles. The zero-order chi connectivity index (χ0) is 12.1. The Kier molecular flexibility index (Phi) is 5.01. The van der Waals surface area contributed by atoms with Crippen molar-refractivity contribution in [3.8, 4) is 0 Å². The third-order valence-corrected chi connectivity index (χ3v) is 4.38. The van der Waals surface area contributed by atoms with Gasteiger partial charge in [-0.05, 0) is 57.7 Å². The quantitative estimate of drug-likeness (QED) is 0.812. The standard InChI is InChI=1S/C14H23NOS/c1-11-9-13(12(2)17-11)10-15-7-6-14-5-3-4-8-16-14/h9,14-15H,3-8,10H2,1-2H3. The molecule has 1 atom stereocenters. The van der Waals surface area contributed by atoms with Gasteiger partial charge in [0.2, 0.25) is 0 Å². The second-order valence-electron chi connectivity index (χ2n) is 4.89. The Morgan fingerprint density at radius 3 is 2.94 bits per heavy atom. The fourth-order valence-corrected chi connectivity index (χ4v) is 3.33. The van der Waals surface area contributed by atoms with E-state index in [1.54, 1.807) is 0 Å². The second-order valence-corrected chi connectivity index (χ2v) is 6.35. The van der Waals surface area contributed by atoms with Gasteiger partial charge in [0.25, 0.3) is 0 Å². The van der Waals surface area contributed by atoms with Crippen LogP contribution in [0.3, 0.4) is 0 Å². The lowest BCUT2D eigenvalue weighted by Crippen LogP contribution is -2.25. The molecule has 1 fully saturated rings. The number of ether oxygens (including phenoxy) is 1. The summed E-state index contributed by atoms with van der Waals surface area (Å²) in [4.78, 5) is 2.86. The van der Waals surface area contributed by atoms with E-state index in [9.17, 15) is 0 Å². The summed E-state index contributed by atoms with van der Waals surface area (Å²) in [6.45, 7) is 7.42. The molecule has 1 unspecified atom stereocenters. The molecule has 2 rings (SSSR count). The largest absolute Gasteiger partial charge is 0.378 e. The van der Waals surface area contributed by atoms with Crippen LogP contribution in [0.2, 0.25) is 0 Å². The van der Waals surface area contributed by atoms with Gasteiger partial charge in [0.05, 0.1) is 6.10 Å². The highest BCUT2D eigenvalue weighted by molar-refractivity contribution is 7.12. The molecule has 0 spiro atoms. The van der Waals surface area contributed by atoms with Crippen LogP contribution >= 0.6 is 11.3 Å². The van der Waals surface area contributed by atoms with E-state index in [2.05, 4.69) is 25.2 Å². The van der Waals surface area contributed by atoms with Crippen molar-refractivity contribution < 1.29 is 4.74 Å². The van der Waals surface area contributed by atoms with Crippen LogP contribution in [0.1, 0.15) is 41.0 Å². The molecule has 3 heteroatoms. The van der Waals surface area contributed by atoms with E-state index in [0.29, 0.717) is 6.10 Å². The van der Waals surface area contributed by atoms with Crippen molar-refractivity contribution in [3.63, 3.8) is 0 Å². The van der Waals surface area contributed by atoms with Gasteiger partial charge in [-0.1, -0.05) is 0 Å². The van der Waals surface area contributed by atoms with Crippen LogP contribution in [-0.2, 0) is 11.3 Å². The highest BCUT2D eigenvalue weighted by Gasteiger charge is 2.12. The Morgan fingerprint density at radius 1 is 1.41 bits per heavy atom. The van der Waals surface area contributed by atoms with Crippen molar-refractivity contribution in [2.24, 2.45) is 0 Å². The Morgan fingerprint density at radius 2 is 2.29 bits per heavy atom. The van der Waals surface area contributed by atoms with E-state index < -0.39 is 0 Å². The van der Waals surface area contributed by atoms with Gasteiger partial charge in [0.15, 0.2) is 0 Å². The summed E-state index contributed by atoms with van der Waals surface area (Å²) in [7, 11) is 0. The third-order valence-electron chi connectivity index (χ3n) is 3.38. The lowest BCUT2D eigenvalue weighted by Gasteiger charge is -2.22. The third kappa shape index (κ3) is 4.09. The molecule has 0 bridgehead atoms.